The first-order valence-electron chi connectivity index (χ1n) is 6.19. The Morgan fingerprint density at radius 3 is 2.35 bits per heavy atom. The molecule has 0 amide bonds. The van der Waals surface area contributed by atoms with Crippen molar-refractivity contribution in [2.75, 3.05) is 34.3 Å². The van der Waals surface area contributed by atoms with E-state index in [9.17, 15) is 0 Å². The first kappa shape index (κ1) is 14.0. The zero-order valence-electron chi connectivity index (χ0n) is 11.4. The average molecular weight is 236 g/mol. The van der Waals surface area contributed by atoms with Crippen LogP contribution in [0.2, 0.25) is 0 Å². The predicted molar refractivity (Wildman–Crippen MR) is 72.6 cm³/mol. The van der Waals surface area contributed by atoms with Gasteiger partial charge in [-0.05, 0) is 44.8 Å². The van der Waals surface area contributed by atoms with Crippen LogP contribution in [0.4, 0.5) is 0 Å². The number of rotatable bonds is 7. The fourth-order valence-corrected chi connectivity index (χ4v) is 1.81. The van der Waals surface area contributed by atoms with E-state index in [1.165, 1.54) is 5.56 Å². The number of benzene rings is 1. The third-order valence-corrected chi connectivity index (χ3v) is 2.71. The normalized spacial score (nSPS) is 12.8. The summed E-state index contributed by atoms with van der Waals surface area (Å²) >= 11 is 0. The minimum absolute atomic E-state index is 0.385. The first-order valence-corrected chi connectivity index (χ1v) is 6.19. The van der Waals surface area contributed by atoms with Crippen LogP contribution in [-0.2, 0) is 0 Å². The van der Waals surface area contributed by atoms with Gasteiger partial charge in [0.2, 0.25) is 0 Å². The Hall–Kier alpha value is -1.06. The molecule has 0 aromatic heterocycles. The molecule has 1 unspecified atom stereocenters. The fraction of sp³-hybridized carbons (Fsp3) is 0.571. The molecular weight excluding hydrogens is 212 g/mol. The van der Waals surface area contributed by atoms with Gasteiger partial charge in [-0.1, -0.05) is 19.1 Å². The average Bonchev–Trinajstić information content (AvgIpc) is 2.34. The largest absolute Gasteiger partial charge is 0.497 e. The molecule has 96 valence electrons. The Kier molecular flexibility index (Phi) is 6.01. The molecule has 17 heavy (non-hydrogen) atoms. The van der Waals surface area contributed by atoms with Crippen LogP contribution in [0.1, 0.15) is 24.9 Å². The second-order valence-corrected chi connectivity index (χ2v) is 4.54. The lowest BCUT2D eigenvalue weighted by molar-refractivity contribution is 0.341. The Bertz CT molecular complexity index is 309. The van der Waals surface area contributed by atoms with Crippen molar-refractivity contribution in [2.24, 2.45) is 0 Å². The Labute approximate surface area is 105 Å². The van der Waals surface area contributed by atoms with E-state index in [1.54, 1.807) is 7.11 Å². The molecule has 3 heteroatoms. The molecule has 1 atom stereocenters. The lowest BCUT2D eigenvalue weighted by Gasteiger charge is -2.23. The van der Waals surface area contributed by atoms with Gasteiger partial charge < -0.3 is 15.0 Å². The molecule has 0 aliphatic carbocycles. The number of ether oxygens (including phenoxy) is 1. The number of hydrogen-bond donors (Lipinski definition) is 1. The zero-order chi connectivity index (χ0) is 12.7. The molecule has 1 aromatic carbocycles. The molecule has 0 radical (unpaired) electrons. The quantitative estimate of drug-likeness (QED) is 0.786. The van der Waals surface area contributed by atoms with Crippen molar-refractivity contribution >= 4 is 0 Å². The summed E-state index contributed by atoms with van der Waals surface area (Å²) in [6.45, 7) is 4.24. The van der Waals surface area contributed by atoms with E-state index in [2.05, 4.69) is 43.4 Å². The summed E-state index contributed by atoms with van der Waals surface area (Å²) in [5.74, 6) is 0.910. The summed E-state index contributed by atoms with van der Waals surface area (Å²) in [5, 5.41) is 3.57. The predicted octanol–water partition coefficient (Wildman–Crippen LogP) is 2.30. The van der Waals surface area contributed by atoms with Crippen molar-refractivity contribution in [3.8, 4) is 5.75 Å². The lowest BCUT2D eigenvalue weighted by atomic mass is 10.1. The van der Waals surface area contributed by atoms with E-state index >= 15 is 0 Å². The van der Waals surface area contributed by atoms with Crippen LogP contribution in [0.5, 0.6) is 5.75 Å². The van der Waals surface area contributed by atoms with E-state index in [0.717, 1.165) is 25.3 Å². The highest BCUT2D eigenvalue weighted by Crippen LogP contribution is 2.18. The molecule has 0 aliphatic heterocycles. The number of nitrogens with zero attached hydrogens (tertiary/aromatic N) is 1. The monoisotopic (exact) mass is 236 g/mol. The highest BCUT2D eigenvalue weighted by molar-refractivity contribution is 5.29. The second kappa shape index (κ2) is 7.30. The topological polar surface area (TPSA) is 24.5 Å². The Balaban J connectivity index is 2.72. The van der Waals surface area contributed by atoms with Crippen LogP contribution in [0.3, 0.4) is 0 Å². The van der Waals surface area contributed by atoms with Gasteiger partial charge in [0.1, 0.15) is 5.75 Å². The maximum atomic E-state index is 5.18. The van der Waals surface area contributed by atoms with E-state index < -0.39 is 0 Å². The highest BCUT2D eigenvalue weighted by atomic mass is 16.5. The van der Waals surface area contributed by atoms with Gasteiger partial charge in [0.25, 0.3) is 0 Å². The maximum Gasteiger partial charge on any atom is 0.118 e. The molecule has 0 saturated heterocycles. The van der Waals surface area contributed by atoms with Crippen LogP contribution in [-0.4, -0.2) is 39.2 Å². The number of methoxy groups -OCH3 is 1. The summed E-state index contributed by atoms with van der Waals surface area (Å²) in [7, 11) is 5.90. The van der Waals surface area contributed by atoms with Crippen molar-refractivity contribution in [3.05, 3.63) is 29.8 Å². The number of hydrogen-bond acceptors (Lipinski definition) is 3. The van der Waals surface area contributed by atoms with Crippen LogP contribution in [0.15, 0.2) is 24.3 Å². The maximum absolute atomic E-state index is 5.18. The molecular formula is C14H24N2O. The minimum atomic E-state index is 0.385. The van der Waals surface area contributed by atoms with Crippen molar-refractivity contribution in [3.63, 3.8) is 0 Å². The number of nitrogens with one attached hydrogen (secondary N) is 1. The Morgan fingerprint density at radius 2 is 1.88 bits per heavy atom. The number of likely N-dealkylation sites (N-methyl/N-ethyl adjacent to an activating group) is 1. The first-order chi connectivity index (χ1) is 8.17. The summed E-state index contributed by atoms with van der Waals surface area (Å²) in [4.78, 5) is 2.21. The van der Waals surface area contributed by atoms with Crippen LogP contribution < -0.4 is 10.1 Å². The Morgan fingerprint density at radius 1 is 1.24 bits per heavy atom. The molecule has 1 rings (SSSR count). The lowest BCUT2D eigenvalue weighted by Crippen LogP contribution is -2.31. The summed E-state index contributed by atoms with van der Waals surface area (Å²) in [5.41, 5.74) is 1.31. The van der Waals surface area contributed by atoms with Crippen molar-refractivity contribution in [1.29, 1.82) is 0 Å². The minimum Gasteiger partial charge on any atom is -0.497 e. The molecule has 0 heterocycles. The van der Waals surface area contributed by atoms with E-state index in [0.29, 0.717) is 6.04 Å². The fourth-order valence-electron chi connectivity index (χ4n) is 1.81. The van der Waals surface area contributed by atoms with Gasteiger partial charge in [0.05, 0.1) is 7.11 Å². The molecule has 1 N–H and O–H groups in total. The summed E-state index contributed by atoms with van der Waals surface area (Å²) in [6.07, 6.45) is 1.15. The standard InChI is InChI=1S/C14H24N2O/c1-5-10-15-14(11-16(2)3)12-6-8-13(17-4)9-7-12/h6-9,14-15H,5,10-11H2,1-4H3. The highest BCUT2D eigenvalue weighted by Gasteiger charge is 2.11. The van der Waals surface area contributed by atoms with E-state index in [-0.39, 0.29) is 0 Å². The van der Waals surface area contributed by atoms with Crippen LogP contribution in [0.25, 0.3) is 0 Å². The zero-order valence-corrected chi connectivity index (χ0v) is 11.4. The van der Waals surface area contributed by atoms with Crippen LogP contribution >= 0.6 is 0 Å². The summed E-state index contributed by atoms with van der Waals surface area (Å²) < 4.78 is 5.18. The van der Waals surface area contributed by atoms with Crippen molar-refractivity contribution < 1.29 is 4.74 Å². The van der Waals surface area contributed by atoms with Gasteiger partial charge in [-0.25, -0.2) is 0 Å². The van der Waals surface area contributed by atoms with E-state index in [4.69, 9.17) is 4.74 Å². The smallest absolute Gasteiger partial charge is 0.118 e. The summed E-state index contributed by atoms with van der Waals surface area (Å²) in [6, 6.07) is 8.69. The molecule has 0 fully saturated rings. The molecule has 1 aromatic rings. The molecule has 0 saturated carbocycles. The molecule has 0 aliphatic rings. The molecule has 0 spiro atoms. The van der Waals surface area contributed by atoms with Gasteiger partial charge in [0, 0.05) is 12.6 Å². The van der Waals surface area contributed by atoms with Gasteiger partial charge >= 0.3 is 0 Å². The molecule has 0 bridgehead atoms. The van der Waals surface area contributed by atoms with Gasteiger partial charge in [-0.3, -0.25) is 0 Å². The second-order valence-electron chi connectivity index (χ2n) is 4.54. The van der Waals surface area contributed by atoms with E-state index in [1.807, 2.05) is 12.1 Å². The third-order valence-electron chi connectivity index (χ3n) is 2.71. The molecule has 3 nitrogen and oxygen atoms in total. The van der Waals surface area contributed by atoms with Gasteiger partial charge in [0.15, 0.2) is 0 Å². The van der Waals surface area contributed by atoms with Gasteiger partial charge in [-0.15, -0.1) is 0 Å². The SMILES string of the molecule is CCCNC(CN(C)C)c1ccc(OC)cc1. The van der Waals surface area contributed by atoms with Gasteiger partial charge in [-0.2, -0.15) is 0 Å². The van der Waals surface area contributed by atoms with Crippen LogP contribution in [0, 0.1) is 0 Å². The third kappa shape index (κ3) is 4.75. The van der Waals surface area contributed by atoms with Crippen molar-refractivity contribution in [2.45, 2.75) is 19.4 Å². The van der Waals surface area contributed by atoms with Crippen molar-refractivity contribution in [1.82, 2.24) is 10.2 Å².